The van der Waals surface area contributed by atoms with Crippen LogP contribution in [0.1, 0.15) is 34.6 Å². The number of benzene rings is 2. The molecule has 3 aromatic rings. The molecule has 2 heterocycles. The average molecular weight is 403 g/mol. The highest BCUT2D eigenvalue weighted by Gasteiger charge is 2.29. The molecule has 0 unspecified atom stereocenters. The van der Waals surface area contributed by atoms with Gasteiger partial charge in [-0.1, -0.05) is 30.3 Å². The first-order valence-corrected chi connectivity index (χ1v) is 9.19. The van der Waals surface area contributed by atoms with Gasteiger partial charge in [-0.3, -0.25) is 9.48 Å². The normalized spacial score (nSPS) is 13.3. The molecule has 1 aromatic heterocycles. The molecule has 1 amide bonds. The summed E-state index contributed by atoms with van der Waals surface area (Å²) in [4.78, 5) is 12.7. The van der Waals surface area contributed by atoms with Crippen LogP contribution in [0, 0.1) is 30.2 Å². The van der Waals surface area contributed by atoms with Crippen LogP contribution in [0.4, 0.5) is 23.2 Å². The van der Waals surface area contributed by atoms with E-state index in [2.05, 4.69) is 5.10 Å². The van der Waals surface area contributed by atoms with Gasteiger partial charge in [-0.05, 0) is 31.7 Å². The number of fused-ring (bicyclic) bond motifs is 1. The SMILES string of the molecule is Cc1nn2c(c1C(=O)Nc1c(F)c(F)c(-c3ccccc3)c(F)c1F)CCCC2. The molecule has 8 heteroatoms. The Kier molecular flexibility index (Phi) is 4.86. The first-order chi connectivity index (χ1) is 13.9. The topological polar surface area (TPSA) is 46.9 Å². The smallest absolute Gasteiger partial charge is 0.259 e. The lowest BCUT2D eigenvalue weighted by Gasteiger charge is -2.16. The number of aryl methyl sites for hydroxylation is 2. The number of aromatic nitrogens is 2. The van der Waals surface area contributed by atoms with E-state index >= 15 is 0 Å². The minimum atomic E-state index is -1.66. The maximum absolute atomic E-state index is 14.6. The molecule has 1 aliphatic heterocycles. The predicted octanol–water partition coefficient (Wildman–Crippen LogP) is 5.00. The molecular weight excluding hydrogens is 386 g/mol. The maximum Gasteiger partial charge on any atom is 0.259 e. The maximum atomic E-state index is 14.6. The van der Waals surface area contributed by atoms with Crippen LogP contribution in [0.25, 0.3) is 11.1 Å². The number of nitrogens with one attached hydrogen (secondary N) is 1. The number of carbonyl (C=O) groups excluding carboxylic acids is 1. The van der Waals surface area contributed by atoms with Crippen LogP contribution in [-0.4, -0.2) is 15.7 Å². The van der Waals surface area contributed by atoms with Gasteiger partial charge in [-0.15, -0.1) is 0 Å². The fraction of sp³-hybridized carbons (Fsp3) is 0.238. The number of rotatable bonds is 3. The summed E-state index contributed by atoms with van der Waals surface area (Å²) in [5, 5.41) is 6.28. The summed E-state index contributed by atoms with van der Waals surface area (Å²) in [6, 6.07) is 7.26. The van der Waals surface area contributed by atoms with Gasteiger partial charge in [0, 0.05) is 6.54 Å². The highest BCUT2D eigenvalue weighted by molar-refractivity contribution is 6.06. The van der Waals surface area contributed by atoms with Crippen LogP contribution < -0.4 is 5.32 Å². The summed E-state index contributed by atoms with van der Waals surface area (Å²) < 4.78 is 60.1. The van der Waals surface area contributed by atoms with E-state index in [1.165, 1.54) is 24.3 Å². The highest BCUT2D eigenvalue weighted by atomic mass is 19.2. The Bertz CT molecular complexity index is 1080. The number of nitrogens with zero attached hydrogens (tertiary/aromatic N) is 2. The number of halogens is 4. The van der Waals surface area contributed by atoms with E-state index in [0.29, 0.717) is 24.4 Å². The van der Waals surface area contributed by atoms with Crippen LogP contribution in [0.2, 0.25) is 0 Å². The van der Waals surface area contributed by atoms with E-state index in [-0.39, 0.29) is 11.1 Å². The minimum absolute atomic E-state index is 0.0141. The van der Waals surface area contributed by atoms with Crippen LogP contribution in [0.15, 0.2) is 30.3 Å². The van der Waals surface area contributed by atoms with Crippen molar-refractivity contribution in [1.82, 2.24) is 9.78 Å². The van der Waals surface area contributed by atoms with Gasteiger partial charge in [0.1, 0.15) is 5.69 Å². The average Bonchev–Trinajstić information content (AvgIpc) is 3.06. The molecule has 150 valence electrons. The van der Waals surface area contributed by atoms with E-state index in [1.807, 2.05) is 5.32 Å². The zero-order chi connectivity index (χ0) is 20.7. The lowest BCUT2D eigenvalue weighted by molar-refractivity contribution is 0.102. The van der Waals surface area contributed by atoms with Gasteiger partial charge in [0.2, 0.25) is 0 Å². The van der Waals surface area contributed by atoms with Crippen molar-refractivity contribution in [2.24, 2.45) is 0 Å². The van der Waals surface area contributed by atoms with E-state index in [1.54, 1.807) is 17.7 Å². The second-order valence-electron chi connectivity index (χ2n) is 6.91. The van der Waals surface area contributed by atoms with Crippen molar-refractivity contribution >= 4 is 11.6 Å². The summed E-state index contributed by atoms with van der Waals surface area (Å²) in [6.07, 6.45) is 2.35. The molecule has 4 nitrogen and oxygen atoms in total. The van der Waals surface area contributed by atoms with E-state index in [0.717, 1.165) is 12.8 Å². The Labute approximate surface area is 164 Å². The van der Waals surface area contributed by atoms with Crippen molar-refractivity contribution in [3.63, 3.8) is 0 Å². The van der Waals surface area contributed by atoms with Gasteiger partial charge in [0.25, 0.3) is 5.91 Å². The number of amides is 1. The summed E-state index contributed by atoms with van der Waals surface area (Å²) in [6.45, 7) is 2.24. The van der Waals surface area contributed by atoms with Crippen molar-refractivity contribution in [3.8, 4) is 11.1 Å². The standard InChI is InChI=1S/C21H17F4N3O/c1-11-14(13-9-5-6-10-28(13)27-11)21(29)26-20-18(24)16(22)15(17(23)19(20)25)12-7-3-2-4-8-12/h2-4,7-8H,5-6,9-10H2,1H3,(H,26,29). The number of hydrogen-bond acceptors (Lipinski definition) is 2. The van der Waals surface area contributed by atoms with Crippen molar-refractivity contribution in [1.29, 1.82) is 0 Å². The molecule has 1 N–H and O–H groups in total. The van der Waals surface area contributed by atoms with Crippen LogP contribution in [-0.2, 0) is 13.0 Å². The largest absolute Gasteiger partial charge is 0.317 e. The fourth-order valence-electron chi connectivity index (χ4n) is 3.69. The molecule has 1 aliphatic rings. The quantitative estimate of drug-likeness (QED) is 0.494. The van der Waals surface area contributed by atoms with Gasteiger partial charge in [0.15, 0.2) is 23.3 Å². The number of hydrogen-bond donors (Lipinski definition) is 1. The third kappa shape index (κ3) is 3.18. The number of anilines is 1. The van der Waals surface area contributed by atoms with Crippen molar-refractivity contribution < 1.29 is 22.4 Å². The zero-order valence-electron chi connectivity index (χ0n) is 15.5. The number of carbonyl (C=O) groups is 1. The molecule has 0 aliphatic carbocycles. The molecule has 0 atom stereocenters. The molecular formula is C21H17F4N3O. The minimum Gasteiger partial charge on any atom is -0.317 e. The molecule has 0 saturated heterocycles. The first kappa shape index (κ1) is 19.2. The Balaban J connectivity index is 1.76. The molecule has 0 spiro atoms. The molecule has 29 heavy (non-hydrogen) atoms. The Morgan fingerprint density at radius 2 is 1.66 bits per heavy atom. The Morgan fingerprint density at radius 3 is 2.31 bits per heavy atom. The third-order valence-electron chi connectivity index (χ3n) is 5.06. The second kappa shape index (κ2) is 7.35. The van der Waals surface area contributed by atoms with Gasteiger partial charge in [0.05, 0.1) is 22.5 Å². The van der Waals surface area contributed by atoms with Crippen molar-refractivity contribution in [2.75, 3.05) is 5.32 Å². The lowest BCUT2D eigenvalue weighted by atomic mass is 10.0. The van der Waals surface area contributed by atoms with Gasteiger partial charge in [-0.2, -0.15) is 5.10 Å². The summed E-state index contributed by atoms with van der Waals surface area (Å²) in [7, 11) is 0. The van der Waals surface area contributed by atoms with Gasteiger partial charge in [-0.25, -0.2) is 17.6 Å². The van der Waals surface area contributed by atoms with Gasteiger partial charge < -0.3 is 5.32 Å². The van der Waals surface area contributed by atoms with E-state index in [9.17, 15) is 22.4 Å². The second-order valence-corrected chi connectivity index (χ2v) is 6.91. The Morgan fingerprint density at radius 1 is 1.00 bits per heavy atom. The fourth-order valence-corrected chi connectivity index (χ4v) is 3.69. The molecule has 0 radical (unpaired) electrons. The highest BCUT2D eigenvalue weighted by Crippen LogP contribution is 2.35. The predicted molar refractivity (Wildman–Crippen MR) is 99.6 cm³/mol. The van der Waals surface area contributed by atoms with Crippen LogP contribution in [0.3, 0.4) is 0 Å². The summed E-state index contributed by atoms with van der Waals surface area (Å²) >= 11 is 0. The lowest BCUT2D eigenvalue weighted by Crippen LogP contribution is -2.20. The van der Waals surface area contributed by atoms with Gasteiger partial charge >= 0.3 is 0 Å². The monoisotopic (exact) mass is 403 g/mol. The molecule has 0 bridgehead atoms. The first-order valence-electron chi connectivity index (χ1n) is 9.19. The Hall–Kier alpha value is -3.16. The van der Waals surface area contributed by atoms with Crippen molar-refractivity contribution in [2.45, 2.75) is 32.7 Å². The third-order valence-corrected chi connectivity index (χ3v) is 5.06. The zero-order valence-corrected chi connectivity index (χ0v) is 15.5. The van der Waals surface area contributed by atoms with Crippen LogP contribution >= 0.6 is 0 Å². The molecule has 4 rings (SSSR count). The molecule has 0 saturated carbocycles. The summed E-state index contributed by atoms with van der Waals surface area (Å²) in [5.74, 6) is -7.31. The molecule has 2 aromatic carbocycles. The van der Waals surface area contributed by atoms with E-state index < -0.39 is 40.4 Å². The van der Waals surface area contributed by atoms with Crippen molar-refractivity contribution in [3.05, 3.63) is 70.6 Å². The summed E-state index contributed by atoms with van der Waals surface area (Å²) in [5.41, 5.74) is -0.773. The molecule has 0 fully saturated rings. The van der Waals surface area contributed by atoms with Crippen LogP contribution in [0.5, 0.6) is 0 Å². The van der Waals surface area contributed by atoms with E-state index in [4.69, 9.17) is 0 Å².